The minimum Gasteiger partial charge on any atom is -0.744 e. The van der Waals surface area contributed by atoms with Crippen LogP contribution in [0.25, 0.3) is 0 Å². The van der Waals surface area contributed by atoms with Gasteiger partial charge in [-0.05, 0) is 68.7 Å². The van der Waals surface area contributed by atoms with Crippen molar-refractivity contribution in [1.82, 2.24) is 5.06 Å². The van der Waals surface area contributed by atoms with E-state index in [-0.39, 0.29) is 29.1 Å². The molecule has 0 aromatic heterocycles. The number of rotatable bonds is 11. The van der Waals surface area contributed by atoms with Crippen molar-refractivity contribution in [2.24, 2.45) is 0 Å². The van der Waals surface area contributed by atoms with E-state index in [2.05, 4.69) is 4.90 Å². The second-order valence-corrected chi connectivity index (χ2v) is 16.1. The molecule has 2 amide bonds. The molecule has 1 saturated heterocycles. The molecule has 49 heavy (non-hydrogen) atoms. The van der Waals surface area contributed by atoms with Gasteiger partial charge in [-0.3, -0.25) is 9.59 Å². The van der Waals surface area contributed by atoms with E-state index in [1.807, 2.05) is 57.5 Å². The van der Waals surface area contributed by atoms with Crippen LogP contribution in [0.2, 0.25) is 0 Å². The highest BCUT2D eigenvalue weighted by Crippen LogP contribution is 2.49. The highest BCUT2D eigenvalue weighted by molar-refractivity contribution is 7.86. The van der Waals surface area contributed by atoms with Gasteiger partial charge in [-0.2, -0.15) is 4.58 Å². The molecule has 15 heteroatoms. The maximum absolute atomic E-state index is 12.2. The Morgan fingerprint density at radius 2 is 1.47 bits per heavy atom. The van der Waals surface area contributed by atoms with Crippen LogP contribution in [-0.4, -0.2) is 72.7 Å². The molecule has 3 aliphatic heterocycles. The van der Waals surface area contributed by atoms with Gasteiger partial charge in [-0.1, -0.05) is 26.3 Å². The van der Waals surface area contributed by atoms with Crippen molar-refractivity contribution >= 4 is 55.1 Å². The summed E-state index contributed by atoms with van der Waals surface area (Å²) in [7, 11) is -7.48. The van der Waals surface area contributed by atoms with Crippen LogP contribution >= 0.6 is 0 Å². The Hall–Kier alpha value is -4.18. The summed E-state index contributed by atoms with van der Waals surface area (Å²) in [6.07, 6.45) is 7.42. The van der Waals surface area contributed by atoms with Crippen molar-refractivity contribution in [3.05, 3.63) is 71.5 Å². The van der Waals surface area contributed by atoms with Gasteiger partial charge in [0.05, 0.1) is 15.2 Å². The number of carbonyl (C=O) groups excluding carboxylic acids is 3. The topological polar surface area (TPSA) is 184 Å². The summed E-state index contributed by atoms with van der Waals surface area (Å²) in [5.41, 5.74) is 3.22. The molecule has 0 radical (unpaired) electrons. The third kappa shape index (κ3) is 6.98. The van der Waals surface area contributed by atoms with Crippen molar-refractivity contribution in [3.63, 3.8) is 0 Å². The normalized spacial score (nSPS) is 19.4. The zero-order chi connectivity index (χ0) is 36.1. The second kappa shape index (κ2) is 12.9. The van der Waals surface area contributed by atoms with Gasteiger partial charge < -0.3 is 18.8 Å². The van der Waals surface area contributed by atoms with E-state index in [4.69, 9.17) is 4.84 Å². The lowest BCUT2D eigenvalue weighted by atomic mass is 9.81. The molecule has 13 nitrogen and oxygen atoms in total. The summed E-state index contributed by atoms with van der Waals surface area (Å²) in [5.74, 6) is -1.74. The molecule has 0 bridgehead atoms. The van der Waals surface area contributed by atoms with Gasteiger partial charge in [-0.15, -0.1) is 5.06 Å². The molecule has 0 saturated carbocycles. The number of hydrogen-bond acceptors (Lipinski definition) is 11. The maximum Gasteiger partial charge on any atom is 0.333 e. The Balaban J connectivity index is 1.37. The van der Waals surface area contributed by atoms with Gasteiger partial charge in [0, 0.05) is 60.3 Å². The first kappa shape index (κ1) is 36.1. The first-order valence-electron chi connectivity index (χ1n) is 15.8. The number of allylic oxidation sites excluding steroid dienone is 4. The largest absolute Gasteiger partial charge is 0.744 e. The van der Waals surface area contributed by atoms with E-state index in [9.17, 15) is 40.3 Å². The standard InChI is InChI=1S/C34H39N3O10S2/c1-33(2)24-20-22(48(41,42)43)13-15-26(24)35(5)28(33)10-9-11-29-34(3,4)25-21-23(49(44,45)46)14-16-27(25)36(29)19-8-6-7-12-32(40)47-37-30(38)17-18-31(37)39/h9-11,13-16,20-21H,6-8,12,17-19H2,1-5H3,(H-,41,42,43,44,45,46)/p-1. The summed E-state index contributed by atoms with van der Waals surface area (Å²) < 4.78 is 72.8. The number of hydroxylamine groups is 2. The highest BCUT2D eigenvalue weighted by atomic mass is 32.2. The molecule has 0 N–H and O–H groups in total. The number of imide groups is 1. The number of amides is 2. The quantitative estimate of drug-likeness (QED) is 0.142. The van der Waals surface area contributed by atoms with E-state index < -0.39 is 48.8 Å². The van der Waals surface area contributed by atoms with Gasteiger partial charge in [-0.25, -0.2) is 21.6 Å². The average molecular weight is 713 g/mol. The average Bonchev–Trinajstić information content (AvgIpc) is 3.51. The van der Waals surface area contributed by atoms with Gasteiger partial charge in [0.15, 0.2) is 5.71 Å². The predicted molar refractivity (Wildman–Crippen MR) is 176 cm³/mol. The number of nitrogens with zero attached hydrogens (tertiary/aromatic N) is 3. The van der Waals surface area contributed by atoms with Crippen LogP contribution in [0.5, 0.6) is 0 Å². The third-order valence-corrected chi connectivity index (χ3v) is 11.1. The van der Waals surface area contributed by atoms with Crippen molar-refractivity contribution in [2.45, 2.75) is 86.8 Å². The number of benzene rings is 2. The van der Waals surface area contributed by atoms with Crippen molar-refractivity contribution in [3.8, 4) is 0 Å². The molecule has 2 aromatic carbocycles. The summed E-state index contributed by atoms with van der Waals surface area (Å²) in [6.45, 7) is 8.24. The van der Waals surface area contributed by atoms with E-state index in [0.29, 0.717) is 42.0 Å². The molecule has 0 unspecified atom stereocenters. The van der Waals surface area contributed by atoms with Crippen molar-refractivity contribution in [2.75, 3.05) is 18.5 Å². The van der Waals surface area contributed by atoms with Crippen molar-refractivity contribution in [1.29, 1.82) is 0 Å². The number of anilines is 1. The van der Waals surface area contributed by atoms with Crippen LogP contribution in [-0.2, 0) is 50.3 Å². The minimum atomic E-state index is -4.70. The Bertz CT molecular complexity index is 2050. The SMILES string of the molecule is C[N+]1=C(C=CC=C2N(CCCCCC(=O)ON3C(=O)CCC3=O)c3ccc(S(=O)(=O)[O-])cc3C2(C)C)C(C)(C)c2cc(S(=O)(=O)[O-])ccc21. The first-order chi connectivity index (χ1) is 22.7. The first-order valence-corrected chi connectivity index (χ1v) is 18.6. The Morgan fingerprint density at radius 1 is 0.878 bits per heavy atom. The Labute approximate surface area is 286 Å². The molecule has 3 aliphatic rings. The van der Waals surface area contributed by atoms with Crippen LogP contribution in [0.4, 0.5) is 11.4 Å². The maximum atomic E-state index is 12.2. The molecule has 1 fully saturated rings. The molecular formula is C34H38N3O10S2-. The molecular weight excluding hydrogens is 675 g/mol. The lowest BCUT2D eigenvalue weighted by Gasteiger charge is -2.27. The molecule has 3 heterocycles. The molecule has 262 valence electrons. The second-order valence-electron chi connectivity index (χ2n) is 13.4. The lowest BCUT2D eigenvalue weighted by Crippen LogP contribution is -2.32. The number of fused-ring (bicyclic) bond motifs is 2. The molecule has 0 spiro atoms. The molecule has 5 rings (SSSR count). The Morgan fingerprint density at radius 3 is 2.08 bits per heavy atom. The van der Waals surface area contributed by atoms with Crippen LogP contribution in [0.1, 0.15) is 77.3 Å². The smallest absolute Gasteiger partial charge is 0.333 e. The van der Waals surface area contributed by atoms with E-state index in [1.165, 1.54) is 24.3 Å². The summed E-state index contributed by atoms with van der Waals surface area (Å²) in [4.78, 5) is 42.1. The highest BCUT2D eigenvalue weighted by Gasteiger charge is 2.44. The zero-order valence-electron chi connectivity index (χ0n) is 27.9. The molecule has 0 atom stereocenters. The predicted octanol–water partition coefficient (Wildman–Crippen LogP) is 3.91. The van der Waals surface area contributed by atoms with Gasteiger partial charge in [0.25, 0.3) is 11.8 Å². The van der Waals surface area contributed by atoms with Crippen LogP contribution in [0.15, 0.2) is 70.1 Å². The summed E-state index contributed by atoms with van der Waals surface area (Å²) in [6, 6.07) is 8.65. The number of carbonyl (C=O) groups is 3. The van der Waals surface area contributed by atoms with Gasteiger partial charge >= 0.3 is 5.97 Å². The van der Waals surface area contributed by atoms with E-state index >= 15 is 0 Å². The van der Waals surface area contributed by atoms with E-state index in [0.717, 1.165) is 22.8 Å². The third-order valence-electron chi connectivity index (χ3n) is 9.41. The summed E-state index contributed by atoms with van der Waals surface area (Å²) >= 11 is 0. The minimum absolute atomic E-state index is 0.0157. The monoisotopic (exact) mass is 712 g/mol. The van der Waals surface area contributed by atoms with Gasteiger partial charge in [0.1, 0.15) is 27.3 Å². The van der Waals surface area contributed by atoms with Crippen LogP contribution < -0.4 is 4.90 Å². The van der Waals surface area contributed by atoms with Gasteiger partial charge in [0.2, 0.25) is 5.69 Å². The fourth-order valence-corrected chi connectivity index (χ4v) is 7.77. The lowest BCUT2D eigenvalue weighted by molar-refractivity contribution is -0.401. The zero-order valence-corrected chi connectivity index (χ0v) is 29.5. The van der Waals surface area contributed by atoms with E-state index in [1.54, 1.807) is 12.1 Å². The van der Waals surface area contributed by atoms with Crippen LogP contribution in [0, 0.1) is 0 Å². The number of unbranched alkanes of at least 4 members (excludes halogenated alkanes) is 2. The number of hydrogen-bond donors (Lipinski definition) is 0. The molecule has 2 aromatic rings. The Kier molecular flexibility index (Phi) is 9.53. The fraction of sp³-hybridized carbons (Fsp3) is 0.412. The fourth-order valence-electron chi connectivity index (χ4n) is 6.77. The van der Waals surface area contributed by atoms with Crippen molar-refractivity contribution < 1.29 is 49.7 Å². The van der Waals surface area contributed by atoms with Crippen LogP contribution in [0.3, 0.4) is 0 Å². The summed E-state index contributed by atoms with van der Waals surface area (Å²) in [5, 5.41) is 0.530. The molecule has 0 aliphatic carbocycles.